The van der Waals surface area contributed by atoms with Gasteiger partial charge in [0.2, 0.25) is 0 Å². The fourth-order valence-electron chi connectivity index (χ4n) is 2.17. The van der Waals surface area contributed by atoms with Crippen molar-refractivity contribution in [1.29, 1.82) is 0 Å². The average Bonchev–Trinajstić information content (AvgIpc) is 2.37. The standard InChI is InChI=1S/C18H37NO3/c1-7-18(5,6)14-20-10-11-22-16-12-15(13-16)21-9-8-19-17(2,3)4/h15-16,19H,7-14H2,1-6H3/t15-,16-. The third-order valence-corrected chi connectivity index (χ3v) is 4.19. The van der Waals surface area contributed by atoms with Gasteiger partial charge in [0.15, 0.2) is 0 Å². The molecule has 1 rings (SSSR count). The van der Waals surface area contributed by atoms with Gasteiger partial charge < -0.3 is 19.5 Å². The molecule has 1 aliphatic carbocycles. The maximum absolute atomic E-state index is 5.82. The van der Waals surface area contributed by atoms with Crippen LogP contribution >= 0.6 is 0 Å². The lowest BCUT2D eigenvalue weighted by atomic mass is 9.92. The first kappa shape index (κ1) is 19.9. The van der Waals surface area contributed by atoms with Gasteiger partial charge in [-0.05, 0) is 45.4 Å². The van der Waals surface area contributed by atoms with E-state index >= 15 is 0 Å². The third-order valence-electron chi connectivity index (χ3n) is 4.19. The zero-order valence-corrected chi connectivity index (χ0v) is 15.5. The largest absolute Gasteiger partial charge is 0.379 e. The van der Waals surface area contributed by atoms with E-state index in [-0.39, 0.29) is 11.0 Å². The summed E-state index contributed by atoms with van der Waals surface area (Å²) in [5, 5.41) is 3.43. The topological polar surface area (TPSA) is 39.7 Å². The van der Waals surface area contributed by atoms with Gasteiger partial charge in [-0.3, -0.25) is 0 Å². The molecule has 22 heavy (non-hydrogen) atoms. The van der Waals surface area contributed by atoms with Crippen molar-refractivity contribution in [3.8, 4) is 0 Å². The lowest BCUT2D eigenvalue weighted by Crippen LogP contribution is -2.42. The maximum Gasteiger partial charge on any atom is 0.0704 e. The third kappa shape index (κ3) is 9.09. The van der Waals surface area contributed by atoms with E-state index in [0.29, 0.717) is 25.4 Å². The van der Waals surface area contributed by atoms with Crippen LogP contribution in [0.5, 0.6) is 0 Å². The first-order valence-electron chi connectivity index (χ1n) is 8.78. The van der Waals surface area contributed by atoms with Crippen LogP contribution in [0.2, 0.25) is 0 Å². The highest BCUT2D eigenvalue weighted by Crippen LogP contribution is 2.26. The molecule has 0 saturated heterocycles. The Morgan fingerprint density at radius 3 is 2.05 bits per heavy atom. The molecule has 4 nitrogen and oxygen atoms in total. The molecule has 1 saturated carbocycles. The fraction of sp³-hybridized carbons (Fsp3) is 1.00. The number of nitrogens with one attached hydrogen (secondary N) is 1. The molecule has 132 valence electrons. The Bertz CT molecular complexity index is 293. The molecule has 4 heteroatoms. The summed E-state index contributed by atoms with van der Waals surface area (Å²) >= 11 is 0. The molecule has 0 aliphatic heterocycles. The van der Waals surface area contributed by atoms with Crippen LogP contribution in [0.15, 0.2) is 0 Å². The predicted molar refractivity (Wildman–Crippen MR) is 91.4 cm³/mol. The lowest BCUT2D eigenvalue weighted by Gasteiger charge is -2.35. The minimum atomic E-state index is 0.168. The van der Waals surface area contributed by atoms with Gasteiger partial charge in [-0.2, -0.15) is 0 Å². The molecule has 0 atom stereocenters. The zero-order chi connectivity index (χ0) is 16.6. The predicted octanol–water partition coefficient (Wildman–Crippen LogP) is 3.39. The van der Waals surface area contributed by atoms with E-state index in [1.54, 1.807) is 0 Å². The fourth-order valence-corrected chi connectivity index (χ4v) is 2.17. The second-order valence-electron chi connectivity index (χ2n) is 8.20. The second-order valence-corrected chi connectivity index (χ2v) is 8.20. The van der Waals surface area contributed by atoms with Crippen molar-refractivity contribution in [3.63, 3.8) is 0 Å². The van der Waals surface area contributed by atoms with Crippen LogP contribution in [0.3, 0.4) is 0 Å². The van der Waals surface area contributed by atoms with Crippen molar-refractivity contribution in [1.82, 2.24) is 5.32 Å². The zero-order valence-electron chi connectivity index (χ0n) is 15.5. The molecule has 0 aromatic carbocycles. The molecule has 0 aromatic rings. The van der Waals surface area contributed by atoms with Gasteiger partial charge in [0.05, 0.1) is 38.6 Å². The Hall–Kier alpha value is -0.160. The van der Waals surface area contributed by atoms with Crippen molar-refractivity contribution in [2.45, 2.75) is 78.6 Å². The van der Waals surface area contributed by atoms with Crippen LogP contribution in [0.25, 0.3) is 0 Å². The van der Waals surface area contributed by atoms with Crippen LogP contribution in [0.1, 0.15) is 60.8 Å². The highest BCUT2D eigenvalue weighted by molar-refractivity contribution is 4.81. The van der Waals surface area contributed by atoms with Gasteiger partial charge in [0.25, 0.3) is 0 Å². The molecule has 1 aliphatic rings. The molecule has 0 spiro atoms. The van der Waals surface area contributed by atoms with Gasteiger partial charge in [0.1, 0.15) is 0 Å². The number of hydrogen-bond acceptors (Lipinski definition) is 4. The van der Waals surface area contributed by atoms with Gasteiger partial charge in [0, 0.05) is 12.1 Å². The Balaban J connectivity index is 1.89. The van der Waals surface area contributed by atoms with Gasteiger partial charge in [-0.25, -0.2) is 0 Å². The van der Waals surface area contributed by atoms with Crippen LogP contribution < -0.4 is 5.32 Å². The van der Waals surface area contributed by atoms with E-state index in [1.807, 2.05) is 0 Å². The van der Waals surface area contributed by atoms with Crippen LogP contribution in [-0.4, -0.2) is 50.7 Å². The van der Waals surface area contributed by atoms with Gasteiger partial charge in [-0.1, -0.05) is 20.8 Å². The first-order chi connectivity index (χ1) is 10.2. The summed E-state index contributed by atoms with van der Waals surface area (Å²) in [6, 6.07) is 0. The second kappa shape index (κ2) is 9.21. The molecule has 0 aromatic heterocycles. The molecule has 0 unspecified atom stereocenters. The van der Waals surface area contributed by atoms with Crippen LogP contribution in [0, 0.1) is 5.41 Å². The normalized spacial score (nSPS) is 22.6. The molecular formula is C18H37NO3. The number of ether oxygens (including phenoxy) is 3. The number of rotatable bonds is 11. The van der Waals surface area contributed by atoms with E-state index in [1.165, 1.54) is 0 Å². The summed E-state index contributed by atoms with van der Waals surface area (Å²) in [6.45, 7) is 17.1. The summed E-state index contributed by atoms with van der Waals surface area (Å²) in [5.74, 6) is 0. The summed E-state index contributed by atoms with van der Waals surface area (Å²) in [5.41, 5.74) is 0.442. The molecular weight excluding hydrogens is 278 g/mol. The Labute approximate surface area is 137 Å². The van der Waals surface area contributed by atoms with E-state index in [4.69, 9.17) is 14.2 Å². The van der Waals surface area contributed by atoms with E-state index in [0.717, 1.165) is 39.0 Å². The van der Waals surface area contributed by atoms with Gasteiger partial charge >= 0.3 is 0 Å². The molecule has 0 amide bonds. The monoisotopic (exact) mass is 315 g/mol. The van der Waals surface area contributed by atoms with E-state index in [9.17, 15) is 0 Å². The summed E-state index contributed by atoms with van der Waals surface area (Å²) < 4.78 is 17.3. The van der Waals surface area contributed by atoms with Crippen molar-refractivity contribution in [2.24, 2.45) is 5.41 Å². The van der Waals surface area contributed by atoms with E-state index < -0.39 is 0 Å². The van der Waals surface area contributed by atoms with Crippen LogP contribution in [-0.2, 0) is 14.2 Å². The SMILES string of the molecule is CCC(C)(C)COCCO[C@H]1C[C@H](OCCNC(C)(C)C)C1. The molecule has 1 fully saturated rings. The van der Waals surface area contributed by atoms with Crippen molar-refractivity contribution >= 4 is 0 Å². The quantitative estimate of drug-likeness (QED) is 0.593. The minimum Gasteiger partial charge on any atom is -0.379 e. The van der Waals surface area contributed by atoms with E-state index in [2.05, 4.69) is 46.9 Å². The molecule has 0 bridgehead atoms. The Kier molecular flexibility index (Phi) is 8.33. The summed E-state index contributed by atoms with van der Waals surface area (Å²) in [7, 11) is 0. The first-order valence-corrected chi connectivity index (χ1v) is 8.78. The average molecular weight is 315 g/mol. The Morgan fingerprint density at radius 1 is 0.909 bits per heavy atom. The summed E-state index contributed by atoms with van der Waals surface area (Å²) in [4.78, 5) is 0. The molecule has 0 radical (unpaired) electrons. The Morgan fingerprint density at radius 2 is 1.50 bits per heavy atom. The highest BCUT2D eigenvalue weighted by Gasteiger charge is 2.30. The minimum absolute atomic E-state index is 0.168. The smallest absolute Gasteiger partial charge is 0.0704 e. The van der Waals surface area contributed by atoms with Crippen molar-refractivity contribution < 1.29 is 14.2 Å². The lowest BCUT2D eigenvalue weighted by molar-refractivity contribution is -0.111. The summed E-state index contributed by atoms with van der Waals surface area (Å²) in [6.07, 6.45) is 3.93. The molecule has 1 N–H and O–H groups in total. The van der Waals surface area contributed by atoms with Crippen LogP contribution in [0.4, 0.5) is 0 Å². The van der Waals surface area contributed by atoms with Crippen molar-refractivity contribution in [3.05, 3.63) is 0 Å². The maximum atomic E-state index is 5.82. The van der Waals surface area contributed by atoms with Gasteiger partial charge in [-0.15, -0.1) is 0 Å². The van der Waals surface area contributed by atoms with Crippen molar-refractivity contribution in [2.75, 3.05) is 33.0 Å². The highest BCUT2D eigenvalue weighted by atomic mass is 16.5. The molecule has 0 heterocycles. The number of hydrogen-bond donors (Lipinski definition) is 1.